The summed E-state index contributed by atoms with van der Waals surface area (Å²) in [4.78, 5) is 0. The monoisotopic (exact) mass is 338 g/mol. The van der Waals surface area contributed by atoms with Gasteiger partial charge in [0.25, 0.3) is 10.2 Å². The molecule has 0 aromatic heterocycles. The summed E-state index contributed by atoms with van der Waals surface area (Å²) in [7, 11) is -0.666. The molecule has 1 aromatic rings. The molecule has 0 amide bonds. The number of methoxy groups -OCH3 is 2. The second-order valence-corrected chi connectivity index (χ2v) is 5.75. The van der Waals surface area contributed by atoms with E-state index in [-0.39, 0.29) is 6.54 Å². The minimum Gasteiger partial charge on any atom is -0.495 e. The number of nitrogens with one attached hydrogen (secondary N) is 2. The molecule has 0 bridgehead atoms. The zero-order chi connectivity index (χ0) is 13.6. The van der Waals surface area contributed by atoms with Crippen molar-refractivity contribution >= 4 is 31.8 Å². The summed E-state index contributed by atoms with van der Waals surface area (Å²) in [5, 5.41) is 0. The predicted octanol–water partition coefficient (Wildman–Crippen LogP) is 1.35. The molecule has 2 N–H and O–H groups in total. The molecule has 0 heterocycles. The number of anilines is 1. The molecule has 0 aliphatic carbocycles. The third kappa shape index (κ3) is 4.81. The zero-order valence-electron chi connectivity index (χ0n) is 10.1. The first-order chi connectivity index (χ1) is 8.48. The van der Waals surface area contributed by atoms with Crippen molar-refractivity contribution in [2.75, 3.05) is 32.1 Å². The van der Waals surface area contributed by atoms with Crippen LogP contribution in [0.15, 0.2) is 22.7 Å². The van der Waals surface area contributed by atoms with E-state index in [2.05, 4.69) is 25.4 Å². The van der Waals surface area contributed by atoms with Crippen molar-refractivity contribution in [3.05, 3.63) is 22.7 Å². The van der Waals surface area contributed by atoms with Gasteiger partial charge in [0.1, 0.15) is 5.75 Å². The van der Waals surface area contributed by atoms with Gasteiger partial charge in [0.05, 0.1) is 19.4 Å². The highest BCUT2D eigenvalue weighted by atomic mass is 79.9. The van der Waals surface area contributed by atoms with Crippen LogP contribution in [0.25, 0.3) is 0 Å². The van der Waals surface area contributed by atoms with Crippen LogP contribution in [-0.4, -0.2) is 35.8 Å². The topological polar surface area (TPSA) is 76.7 Å². The van der Waals surface area contributed by atoms with Crippen molar-refractivity contribution in [1.82, 2.24) is 4.72 Å². The van der Waals surface area contributed by atoms with Crippen LogP contribution in [0.1, 0.15) is 0 Å². The van der Waals surface area contributed by atoms with Crippen molar-refractivity contribution in [2.45, 2.75) is 0 Å². The van der Waals surface area contributed by atoms with Gasteiger partial charge >= 0.3 is 0 Å². The number of halogens is 1. The van der Waals surface area contributed by atoms with E-state index in [9.17, 15) is 8.42 Å². The third-order valence-corrected chi connectivity index (χ3v) is 3.57. The van der Waals surface area contributed by atoms with E-state index in [4.69, 9.17) is 9.47 Å². The summed E-state index contributed by atoms with van der Waals surface area (Å²) in [5.41, 5.74) is 0.358. The maximum Gasteiger partial charge on any atom is 0.299 e. The molecule has 0 saturated carbocycles. The van der Waals surface area contributed by atoms with Crippen LogP contribution in [0.4, 0.5) is 5.69 Å². The van der Waals surface area contributed by atoms with Gasteiger partial charge in [-0.05, 0) is 18.2 Å². The van der Waals surface area contributed by atoms with Gasteiger partial charge in [-0.15, -0.1) is 0 Å². The second-order valence-electron chi connectivity index (χ2n) is 3.34. The van der Waals surface area contributed by atoms with Gasteiger partial charge in [-0.1, -0.05) is 15.9 Å². The highest BCUT2D eigenvalue weighted by Crippen LogP contribution is 2.28. The Morgan fingerprint density at radius 3 is 2.67 bits per heavy atom. The van der Waals surface area contributed by atoms with E-state index >= 15 is 0 Å². The molecule has 18 heavy (non-hydrogen) atoms. The molecule has 0 unspecified atom stereocenters. The Labute approximate surface area is 115 Å². The van der Waals surface area contributed by atoms with Gasteiger partial charge in [-0.3, -0.25) is 4.72 Å². The highest BCUT2D eigenvalue weighted by molar-refractivity contribution is 9.10. The quantitative estimate of drug-likeness (QED) is 0.736. The molecule has 0 fully saturated rings. The number of ether oxygens (including phenoxy) is 2. The lowest BCUT2D eigenvalue weighted by Gasteiger charge is -2.12. The molecule has 0 radical (unpaired) electrons. The summed E-state index contributed by atoms with van der Waals surface area (Å²) >= 11 is 3.27. The van der Waals surface area contributed by atoms with E-state index in [1.54, 1.807) is 18.2 Å². The first-order valence-electron chi connectivity index (χ1n) is 5.08. The fourth-order valence-electron chi connectivity index (χ4n) is 1.22. The van der Waals surface area contributed by atoms with E-state index in [1.165, 1.54) is 14.2 Å². The average molecular weight is 339 g/mol. The fourth-order valence-corrected chi connectivity index (χ4v) is 2.45. The molecule has 102 valence electrons. The van der Waals surface area contributed by atoms with Crippen LogP contribution in [0.2, 0.25) is 0 Å². The van der Waals surface area contributed by atoms with Crippen LogP contribution in [0, 0.1) is 0 Å². The van der Waals surface area contributed by atoms with E-state index in [0.717, 1.165) is 4.47 Å². The standard InChI is InChI=1S/C10H15BrN2O4S/c1-16-6-5-12-18(14,15)13-9-7-8(11)3-4-10(9)17-2/h3-4,7,12-13H,5-6H2,1-2H3. The Kier molecular flexibility index (Phi) is 5.86. The van der Waals surface area contributed by atoms with Crippen LogP contribution in [0.5, 0.6) is 5.75 Å². The largest absolute Gasteiger partial charge is 0.495 e. The van der Waals surface area contributed by atoms with Crippen molar-refractivity contribution in [2.24, 2.45) is 0 Å². The number of hydrogen-bond acceptors (Lipinski definition) is 4. The van der Waals surface area contributed by atoms with Crippen molar-refractivity contribution in [3.63, 3.8) is 0 Å². The smallest absolute Gasteiger partial charge is 0.299 e. The zero-order valence-corrected chi connectivity index (χ0v) is 12.5. The Hall–Kier alpha value is -0.830. The summed E-state index contributed by atoms with van der Waals surface area (Å²) < 4.78 is 38.7. The molecule has 0 aliphatic rings. The van der Waals surface area contributed by atoms with Gasteiger partial charge in [0.2, 0.25) is 0 Å². The van der Waals surface area contributed by atoms with Gasteiger partial charge in [-0.2, -0.15) is 13.1 Å². The molecule has 0 saturated heterocycles. The van der Waals surface area contributed by atoms with Crippen LogP contribution < -0.4 is 14.2 Å². The van der Waals surface area contributed by atoms with Gasteiger partial charge in [-0.25, -0.2) is 0 Å². The minimum atomic E-state index is -3.64. The van der Waals surface area contributed by atoms with Crippen LogP contribution in [-0.2, 0) is 14.9 Å². The first kappa shape index (κ1) is 15.2. The Morgan fingerprint density at radius 1 is 1.33 bits per heavy atom. The normalized spacial score (nSPS) is 11.3. The maximum atomic E-state index is 11.7. The molecular formula is C10H15BrN2O4S. The average Bonchev–Trinajstić information content (AvgIpc) is 2.29. The van der Waals surface area contributed by atoms with E-state index in [1.807, 2.05) is 0 Å². The van der Waals surface area contributed by atoms with Gasteiger partial charge < -0.3 is 9.47 Å². The van der Waals surface area contributed by atoms with Crippen molar-refractivity contribution in [3.8, 4) is 5.75 Å². The molecule has 0 aliphatic heterocycles. The second kappa shape index (κ2) is 6.93. The van der Waals surface area contributed by atoms with Crippen molar-refractivity contribution < 1.29 is 17.9 Å². The molecule has 6 nitrogen and oxygen atoms in total. The first-order valence-corrected chi connectivity index (χ1v) is 7.36. The molecule has 1 rings (SSSR count). The number of hydrogen-bond donors (Lipinski definition) is 2. The minimum absolute atomic E-state index is 0.197. The molecule has 0 spiro atoms. The number of rotatable bonds is 7. The molecule has 8 heteroatoms. The summed E-state index contributed by atoms with van der Waals surface area (Å²) in [6.07, 6.45) is 0. The van der Waals surface area contributed by atoms with Crippen LogP contribution in [0.3, 0.4) is 0 Å². The molecule has 0 atom stereocenters. The number of benzene rings is 1. The summed E-state index contributed by atoms with van der Waals surface area (Å²) in [6.45, 7) is 0.499. The van der Waals surface area contributed by atoms with Crippen LogP contribution >= 0.6 is 15.9 Å². The Morgan fingerprint density at radius 2 is 2.06 bits per heavy atom. The molecular weight excluding hydrogens is 324 g/mol. The highest BCUT2D eigenvalue weighted by Gasteiger charge is 2.12. The van der Waals surface area contributed by atoms with E-state index < -0.39 is 10.2 Å². The fraction of sp³-hybridized carbons (Fsp3) is 0.400. The lowest BCUT2D eigenvalue weighted by atomic mass is 10.3. The lowest BCUT2D eigenvalue weighted by molar-refractivity contribution is 0.204. The Bertz CT molecular complexity index is 493. The summed E-state index contributed by atoms with van der Waals surface area (Å²) in [6, 6.07) is 5.04. The summed E-state index contributed by atoms with van der Waals surface area (Å²) in [5.74, 6) is 0.440. The van der Waals surface area contributed by atoms with Gasteiger partial charge in [0, 0.05) is 18.1 Å². The lowest BCUT2D eigenvalue weighted by Crippen LogP contribution is -2.32. The van der Waals surface area contributed by atoms with E-state index in [0.29, 0.717) is 18.0 Å². The SMILES string of the molecule is COCCNS(=O)(=O)Nc1cc(Br)ccc1OC. The maximum absolute atomic E-state index is 11.7. The third-order valence-electron chi connectivity index (χ3n) is 2.00. The van der Waals surface area contributed by atoms with Crippen molar-refractivity contribution in [1.29, 1.82) is 0 Å². The Balaban J connectivity index is 2.79. The predicted molar refractivity (Wildman–Crippen MR) is 73.1 cm³/mol. The molecule has 1 aromatic carbocycles. The van der Waals surface area contributed by atoms with Gasteiger partial charge in [0.15, 0.2) is 0 Å².